The topological polar surface area (TPSA) is 35.5 Å². The van der Waals surface area contributed by atoms with E-state index in [1.807, 2.05) is 18.2 Å². The molecule has 0 saturated carbocycles. The minimum Gasteiger partial charge on any atom is -0.493 e. The van der Waals surface area contributed by atoms with E-state index in [0.717, 1.165) is 24.8 Å². The summed E-state index contributed by atoms with van der Waals surface area (Å²) in [6, 6.07) is 5.64. The summed E-state index contributed by atoms with van der Waals surface area (Å²) in [4.78, 5) is 12.1. The molecule has 0 bridgehead atoms. The summed E-state index contributed by atoms with van der Waals surface area (Å²) in [5, 5.41) is 0. The maximum absolute atomic E-state index is 12.1. The van der Waals surface area contributed by atoms with Gasteiger partial charge in [0.25, 0.3) is 0 Å². The van der Waals surface area contributed by atoms with E-state index in [2.05, 4.69) is 13.5 Å². The fourth-order valence-electron chi connectivity index (χ4n) is 3.20. The van der Waals surface area contributed by atoms with E-state index in [0.29, 0.717) is 17.9 Å². The van der Waals surface area contributed by atoms with Gasteiger partial charge in [-0.3, -0.25) is 4.79 Å². The molecule has 0 amide bonds. The Balaban J connectivity index is 2.13. The van der Waals surface area contributed by atoms with Crippen LogP contribution in [-0.4, -0.2) is 13.1 Å². The second-order valence-electron chi connectivity index (χ2n) is 7.24. The van der Waals surface area contributed by atoms with E-state index in [1.165, 1.54) is 57.8 Å². The predicted octanol–water partition coefficient (Wildman–Crippen LogP) is 7.03. The predicted molar refractivity (Wildman–Crippen MR) is 114 cm³/mol. The summed E-state index contributed by atoms with van der Waals surface area (Å²) in [6.45, 7) is 5.99. The average Bonchev–Trinajstić information content (AvgIpc) is 2.67. The van der Waals surface area contributed by atoms with Crippen molar-refractivity contribution in [1.82, 2.24) is 0 Å². The second kappa shape index (κ2) is 15.3. The molecule has 0 aliphatic carbocycles. The summed E-state index contributed by atoms with van der Waals surface area (Å²) in [7, 11) is 1.59. The molecular formula is C24H38O3. The summed E-state index contributed by atoms with van der Waals surface area (Å²) in [5.41, 5.74) is 1.09. The van der Waals surface area contributed by atoms with Gasteiger partial charge in [-0.15, -0.1) is 6.58 Å². The number of methoxy groups -OCH3 is 1. The molecule has 0 atom stereocenters. The third-order valence-electron chi connectivity index (χ3n) is 4.82. The first-order chi connectivity index (χ1) is 13.2. The Labute approximate surface area is 166 Å². The zero-order valence-electron chi connectivity index (χ0n) is 17.4. The van der Waals surface area contributed by atoms with Crippen LogP contribution < -0.4 is 9.47 Å². The Morgan fingerprint density at radius 1 is 0.926 bits per heavy atom. The van der Waals surface area contributed by atoms with Crippen molar-refractivity contribution >= 4 is 5.97 Å². The van der Waals surface area contributed by atoms with Crippen molar-refractivity contribution in [1.29, 1.82) is 0 Å². The van der Waals surface area contributed by atoms with Gasteiger partial charge < -0.3 is 9.47 Å². The Morgan fingerprint density at radius 3 is 2.07 bits per heavy atom. The Morgan fingerprint density at radius 2 is 1.52 bits per heavy atom. The lowest BCUT2D eigenvalue weighted by atomic mass is 10.1. The van der Waals surface area contributed by atoms with Crippen LogP contribution in [0, 0.1) is 0 Å². The number of allylic oxidation sites excluding steroid dienone is 1. The van der Waals surface area contributed by atoms with Crippen molar-refractivity contribution in [2.75, 3.05) is 7.11 Å². The van der Waals surface area contributed by atoms with Crippen LogP contribution in [0.2, 0.25) is 0 Å². The molecule has 152 valence electrons. The second-order valence-corrected chi connectivity index (χ2v) is 7.24. The number of ether oxygens (including phenoxy) is 2. The normalized spacial score (nSPS) is 10.6. The van der Waals surface area contributed by atoms with Crippen molar-refractivity contribution in [3.05, 3.63) is 36.4 Å². The van der Waals surface area contributed by atoms with Gasteiger partial charge in [-0.25, -0.2) is 0 Å². The lowest BCUT2D eigenvalue weighted by Gasteiger charge is -2.10. The molecule has 0 fully saturated rings. The van der Waals surface area contributed by atoms with Crippen LogP contribution in [0.15, 0.2) is 30.9 Å². The van der Waals surface area contributed by atoms with Gasteiger partial charge in [0.1, 0.15) is 0 Å². The molecule has 3 nitrogen and oxygen atoms in total. The third-order valence-corrected chi connectivity index (χ3v) is 4.82. The van der Waals surface area contributed by atoms with E-state index in [1.54, 1.807) is 13.2 Å². The maximum Gasteiger partial charge on any atom is 0.311 e. The molecule has 0 spiro atoms. The van der Waals surface area contributed by atoms with Crippen LogP contribution >= 0.6 is 0 Å². The number of rotatable bonds is 16. The molecule has 0 aromatic heterocycles. The number of hydrogen-bond acceptors (Lipinski definition) is 3. The lowest BCUT2D eigenvalue weighted by Crippen LogP contribution is -2.08. The molecule has 0 N–H and O–H groups in total. The van der Waals surface area contributed by atoms with Crippen molar-refractivity contribution in [3.63, 3.8) is 0 Å². The van der Waals surface area contributed by atoms with Crippen molar-refractivity contribution in [3.8, 4) is 11.5 Å². The fourth-order valence-corrected chi connectivity index (χ4v) is 3.20. The number of carbonyl (C=O) groups excluding carboxylic acids is 1. The third kappa shape index (κ3) is 10.8. The highest BCUT2D eigenvalue weighted by Crippen LogP contribution is 2.29. The van der Waals surface area contributed by atoms with Gasteiger partial charge >= 0.3 is 5.97 Å². The molecule has 3 heteroatoms. The Bertz CT molecular complexity index is 536. The van der Waals surface area contributed by atoms with Crippen LogP contribution in [-0.2, 0) is 11.2 Å². The monoisotopic (exact) mass is 374 g/mol. The zero-order valence-corrected chi connectivity index (χ0v) is 17.4. The maximum atomic E-state index is 12.1. The fraction of sp³-hybridized carbons (Fsp3) is 0.625. The molecule has 1 aromatic carbocycles. The summed E-state index contributed by atoms with van der Waals surface area (Å²) in [6.07, 6.45) is 17.1. The number of unbranched alkanes of at least 4 members (excludes halogenated alkanes) is 10. The first kappa shape index (κ1) is 23.3. The largest absolute Gasteiger partial charge is 0.493 e. The van der Waals surface area contributed by atoms with Gasteiger partial charge in [-0.2, -0.15) is 0 Å². The standard InChI is InChI=1S/C24H38O3/c1-4-6-7-8-9-10-11-12-13-14-15-17-24(25)27-22-19-18-21(16-5-2)20-23(22)26-3/h5,18-20H,2,4,6-17H2,1,3H3. The molecule has 0 saturated heterocycles. The summed E-state index contributed by atoms with van der Waals surface area (Å²) in [5.74, 6) is 0.917. The molecule has 0 heterocycles. The van der Waals surface area contributed by atoms with Gasteiger partial charge in [-0.05, 0) is 30.5 Å². The lowest BCUT2D eigenvalue weighted by molar-refractivity contribution is -0.134. The molecule has 1 rings (SSSR count). The van der Waals surface area contributed by atoms with Crippen LogP contribution in [0.1, 0.15) is 89.5 Å². The van der Waals surface area contributed by atoms with Gasteiger partial charge in [-0.1, -0.05) is 83.3 Å². The van der Waals surface area contributed by atoms with Gasteiger partial charge in [0.05, 0.1) is 7.11 Å². The van der Waals surface area contributed by atoms with Crippen molar-refractivity contribution < 1.29 is 14.3 Å². The van der Waals surface area contributed by atoms with E-state index in [9.17, 15) is 4.79 Å². The number of benzene rings is 1. The van der Waals surface area contributed by atoms with E-state index in [-0.39, 0.29) is 5.97 Å². The summed E-state index contributed by atoms with van der Waals surface area (Å²) < 4.78 is 10.8. The first-order valence-corrected chi connectivity index (χ1v) is 10.7. The van der Waals surface area contributed by atoms with Gasteiger partial charge in [0.2, 0.25) is 0 Å². The van der Waals surface area contributed by atoms with Crippen LogP contribution in [0.5, 0.6) is 11.5 Å². The highest BCUT2D eigenvalue weighted by Gasteiger charge is 2.10. The first-order valence-electron chi connectivity index (χ1n) is 10.7. The van der Waals surface area contributed by atoms with Crippen molar-refractivity contribution in [2.24, 2.45) is 0 Å². The smallest absolute Gasteiger partial charge is 0.311 e. The minimum atomic E-state index is -0.180. The average molecular weight is 375 g/mol. The number of esters is 1. The van der Waals surface area contributed by atoms with Crippen molar-refractivity contribution in [2.45, 2.75) is 90.4 Å². The molecule has 0 aliphatic heterocycles. The van der Waals surface area contributed by atoms with E-state index >= 15 is 0 Å². The van der Waals surface area contributed by atoms with Gasteiger partial charge in [0.15, 0.2) is 11.5 Å². The molecule has 0 radical (unpaired) electrons. The highest BCUT2D eigenvalue weighted by atomic mass is 16.6. The molecular weight excluding hydrogens is 336 g/mol. The van der Waals surface area contributed by atoms with Gasteiger partial charge in [0, 0.05) is 6.42 Å². The SMILES string of the molecule is C=CCc1ccc(OC(=O)CCCCCCCCCCCCC)c(OC)c1. The minimum absolute atomic E-state index is 0.180. The number of hydrogen-bond donors (Lipinski definition) is 0. The quantitative estimate of drug-likeness (QED) is 0.135. The molecule has 1 aromatic rings. The zero-order chi connectivity index (χ0) is 19.7. The highest BCUT2D eigenvalue weighted by molar-refractivity contribution is 5.73. The van der Waals surface area contributed by atoms with E-state index < -0.39 is 0 Å². The molecule has 0 aliphatic rings. The Kier molecular flexibility index (Phi) is 13.2. The van der Waals surface area contributed by atoms with Crippen LogP contribution in [0.4, 0.5) is 0 Å². The van der Waals surface area contributed by atoms with Crippen LogP contribution in [0.25, 0.3) is 0 Å². The summed E-state index contributed by atoms with van der Waals surface area (Å²) >= 11 is 0. The number of carbonyl (C=O) groups is 1. The Hall–Kier alpha value is -1.77. The van der Waals surface area contributed by atoms with E-state index in [4.69, 9.17) is 9.47 Å². The molecule has 27 heavy (non-hydrogen) atoms. The van der Waals surface area contributed by atoms with Crippen LogP contribution in [0.3, 0.4) is 0 Å². The molecule has 0 unspecified atom stereocenters.